The quantitative estimate of drug-likeness (QED) is 0.905. The first-order chi connectivity index (χ1) is 10.6. The monoisotopic (exact) mass is 306 g/mol. The van der Waals surface area contributed by atoms with Gasteiger partial charge in [0.1, 0.15) is 0 Å². The van der Waals surface area contributed by atoms with Crippen LogP contribution in [-0.2, 0) is 11.3 Å². The van der Waals surface area contributed by atoms with Gasteiger partial charge in [0, 0.05) is 13.6 Å². The second kappa shape index (κ2) is 7.49. The van der Waals surface area contributed by atoms with Crippen LogP contribution in [0.25, 0.3) is 0 Å². The van der Waals surface area contributed by atoms with Crippen LogP contribution in [0.15, 0.2) is 12.1 Å². The van der Waals surface area contributed by atoms with Crippen molar-refractivity contribution in [2.75, 3.05) is 27.8 Å². The van der Waals surface area contributed by atoms with Gasteiger partial charge in [-0.3, -0.25) is 4.79 Å². The van der Waals surface area contributed by atoms with Crippen LogP contribution < -0.4 is 14.8 Å². The molecule has 1 aliphatic rings. The van der Waals surface area contributed by atoms with E-state index in [2.05, 4.69) is 5.32 Å². The molecule has 1 atom stereocenters. The van der Waals surface area contributed by atoms with E-state index in [1.165, 1.54) is 0 Å². The number of ether oxygens (including phenoxy) is 2. The number of benzene rings is 1. The van der Waals surface area contributed by atoms with Crippen molar-refractivity contribution in [2.45, 2.75) is 38.8 Å². The van der Waals surface area contributed by atoms with E-state index in [4.69, 9.17) is 9.47 Å². The van der Waals surface area contributed by atoms with E-state index in [-0.39, 0.29) is 11.9 Å². The minimum Gasteiger partial charge on any atom is -0.493 e. The Bertz CT molecular complexity index is 525. The minimum absolute atomic E-state index is 0.0424. The largest absolute Gasteiger partial charge is 0.493 e. The van der Waals surface area contributed by atoms with Gasteiger partial charge in [0.2, 0.25) is 5.91 Å². The van der Waals surface area contributed by atoms with Gasteiger partial charge in [-0.1, -0.05) is 6.42 Å². The van der Waals surface area contributed by atoms with Crippen molar-refractivity contribution < 1.29 is 14.3 Å². The Morgan fingerprint density at radius 3 is 2.55 bits per heavy atom. The molecule has 2 rings (SSSR count). The molecule has 1 aromatic carbocycles. The molecule has 0 spiro atoms. The second-order valence-electron chi connectivity index (χ2n) is 5.83. The number of rotatable bonds is 5. The Labute approximate surface area is 132 Å². The van der Waals surface area contributed by atoms with E-state index in [9.17, 15) is 4.79 Å². The van der Waals surface area contributed by atoms with Gasteiger partial charge in [0.25, 0.3) is 0 Å². The number of carbonyl (C=O) groups is 1. The van der Waals surface area contributed by atoms with E-state index in [0.29, 0.717) is 18.0 Å². The van der Waals surface area contributed by atoms with E-state index < -0.39 is 0 Å². The normalized spacial score (nSPS) is 17.9. The molecule has 1 aromatic rings. The van der Waals surface area contributed by atoms with E-state index >= 15 is 0 Å². The number of hydrogen-bond donors (Lipinski definition) is 1. The van der Waals surface area contributed by atoms with Gasteiger partial charge in [0.15, 0.2) is 11.5 Å². The topological polar surface area (TPSA) is 50.8 Å². The van der Waals surface area contributed by atoms with Crippen LogP contribution in [0.5, 0.6) is 11.5 Å². The number of aryl methyl sites for hydroxylation is 1. The predicted octanol–water partition coefficient (Wildman–Crippen LogP) is 2.11. The number of piperidine rings is 1. The lowest BCUT2D eigenvalue weighted by Gasteiger charge is -2.28. The summed E-state index contributed by atoms with van der Waals surface area (Å²) >= 11 is 0. The molecule has 0 aliphatic carbocycles. The van der Waals surface area contributed by atoms with E-state index in [0.717, 1.165) is 36.9 Å². The molecule has 1 heterocycles. The molecule has 22 heavy (non-hydrogen) atoms. The Balaban J connectivity index is 2.10. The maximum Gasteiger partial charge on any atom is 0.239 e. The molecule has 0 radical (unpaired) electrons. The summed E-state index contributed by atoms with van der Waals surface area (Å²) in [6.07, 6.45) is 3.20. The molecule has 5 heteroatoms. The fraction of sp³-hybridized carbons (Fsp3) is 0.588. The first-order valence-corrected chi connectivity index (χ1v) is 7.76. The molecule has 0 saturated carbocycles. The summed E-state index contributed by atoms with van der Waals surface area (Å²) in [5.41, 5.74) is 2.17. The van der Waals surface area contributed by atoms with E-state index in [1.54, 1.807) is 19.1 Å². The van der Waals surface area contributed by atoms with Gasteiger partial charge < -0.3 is 19.7 Å². The number of carbonyl (C=O) groups excluding carboxylic acids is 1. The van der Waals surface area contributed by atoms with Crippen LogP contribution in [0.3, 0.4) is 0 Å². The summed E-state index contributed by atoms with van der Waals surface area (Å²) in [5.74, 6) is 1.57. The third-order valence-electron chi connectivity index (χ3n) is 4.23. The highest BCUT2D eigenvalue weighted by molar-refractivity contribution is 5.81. The van der Waals surface area contributed by atoms with Gasteiger partial charge in [-0.25, -0.2) is 0 Å². The SMILES string of the molecule is COc1cc(C)c(CN(C)C(=O)[C@H]2CCCCN2)cc1OC. The molecular formula is C17H26N2O3. The highest BCUT2D eigenvalue weighted by atomic mass is 16.5. The average Bonchev–Trinajstić information content (AvgIpc) is 2.56. The first-order valence-electron chi connectivity index (χ1n) is 7.76. The molecule has 1 N–H and O–H groups in total. The van der Waals surface area contributed by atoms with Crippen LogP contribution >= 0.6 is 0 Å². The summed E-state index contributed by atoms with van der Waals surface area (Å²) in [6.45, 7) is 3.53. The molecule has 1 fully saturated rings. The van der Waals surface area contributed by atoms with Crippen LogP contribution in [-0.4, -0.2) is 44.7 Å². The summed E-state index contributed by atoms with van der Waals surface area (Å²) in [7, 11) is 5.11. The van der Waals surface area contributed by atoms with Crippen LogP contribution in [0.4, 0.5) is 0 Å². The number of nitrogens with one attached hydrogen (secondary N) is 1. The lowest BCUT2D eigenvalue weighted by Crippen LogP contribution is -2.47. The number of nitrogens with zero attached hydrogens (tertiary/aromatic N) is 1. The molecule has 0 bridgehead atoms. The number of hydrogen-bond acceptors (Lipinski definition) is 4. The zero-order chi connectivity index (χ0) is 16.1. The summed E-state index contributed by atoms with van der Waals surface area (Å²) < 4.78 is 10.7. The Hall–Kier alpha value is -1.75. The van der Waals surface area contributed by atoms with Crippen LogP contribution in [0.2, 0.25) is 0 Å². The van der Waals surface area contributed by atoms with Gasteiger partial charge in [-0.2, -0.15) is 0 Å². The van der Waals surface area contributed by atoms with Crippen molar-refractivity contribution in [3.05, 3.63) is 23.3 Å². The van der Waals surface area contributed by atoms with Gasteiger partial charge in [0.05, 0.1) is 20.3 Å². The summed E-state index contributed by atoms with van der Waals surface area (Å²) in [4.78, 5) is 14.3. The number of amides is 1. The molecule has 0 unspecified atom stereocenters. The Morgan fingerprint density at radius 2 is 1.95 bits per heavy atom. The first kappa shape index (κ1) is 16.6. The molecule has 122 valence electrons. The van der Waals surface area contributed by atoms with Crippen molar-refractivity contribution in [2.24, 2.45) is 0 Å². The summed E-state index contributed by atoms with van der Waals surface area (Å²) in [5, 5.41) is 3.31. The lowest BCUT2D eigenvalue weighted by atomic mass is 10.0. The highest BCUT2D eigenvalue weighted by Gasteiger charge is 2.24. The van der Waals surface area contributed by atoms with Gasteiger partial charge in [-0.05, 0) is 49.6 Å². The molecule has 1 aliphatic heterocycles. The fourth-order valence-corrected chi connectivity index (χ4v) is 2.86. The van der Waals surface area contributed by atoms with E-state index in [1.807, 2.05) is 26.1 Å². The van der Waals surface area contributed by atoms with Crippen molar-refractivity contribution in [3.63, 3.8) is 0 Å². The van der Waals surface area contributed by atoms with Gasteiger partial charge in [-0.15, -0.1) is 0 Å². The zero-order valence-corrected chi connectivity index (χ0v) is 13.9. The third-order valence-corrected chi connectivity index (χ3v) is 4.23. The van der Waals surface area contributed by atoms with Crippen LogP contribution in [0.1, 0.15) is 30.4 Å². The van der Waals surface area contributed by atoms with Crippen molar-refractivity contribution in [3.8, 4) is 11.5 Å². The number of likely N-dealkylation sites (N-methyl/N-ethyl adjacent to an activating group) is 1. The standard InChI is InChI=1S/C17H26N2O3/c1-12-9-15(21-3)16(22-4)10-13(12)11-19(2)17(20)14-7-5-6-8-18-14/h9-10,14,18H,5-8,11H2,1-4H3/t14-/m1/s1. The molecule has 1 saturated heterocycles. The minimum atomic E-state index is -0.0424. The van der Waals surface area contributed by atoms with Gasteiger partial charge >= 0.3 is 0 Å². The smallest absolute Gasteiger partial charge is 0.239 e. The molecule has 1 amide bonds. The molecular weight excluding hydrogens is 280 g/mol. The van der Waals surface area contributed by atoms with Crippen molar-refractivity contribution in [1.82, 2.24) is 10.2 Å². The zero-order valence-electron chi connectivity index (χ0n) is 13.9. The molecule has 0 aromatic heterocycles. The van der Waals surface area contributed by atoms with Crippen molar-refractivity contribution in [1.29, 1.82) is 0 Å². The Kier molecular flexibility index (Phi) is 5.66. The highest BCUT2D eigenvalue weighted by Crippen LogP contribution is 2.30. The average molecular weight is 306 g/mol. The molecule has 5 nitrogen and oxygen atoms in total. The fourth-order valence-electron chi connectivity index (χ4n) is 2.86. The maximum atomic E-state index is 12.5. The second-order valence-corrected chi connectivity index (χ2v) is 5.83. The third kappa shape index (κ3) is 3.71. The summed E-state index contributed by atoms with van der Waals surface area (Å²) in [6, 6.07) is 3.86. The maximum absolute atomic E-state index is 12.5. The van der Waals surface area contributed by atoms with Crippen molar-refractivity contribution >= 4 is 5.91 Å². The predicted molar refractivity (Wildman–Crippen MR) is 86.4 cm³/mol. The Morgan fingerprint density at radius 1 is 1.27 bits per heavy atom. The number of methoxy groups -OCH3 is 2. The lowest BCUT2D eigenvalue weighted by molar-refractivity contribution is -0.133. The van der Waals surface area contributed by atoms with Crippen LogP contribution in [0, 0.1) is 6.92 Å².